The number of aryl methyl sites for hydroxylation is 1. The van der Waals surface area contributed by atoms with Crippen molar-refractivity contribution >= 4 is 32.6 Å². The van der Waals surface area contributed by atoms with E-state index in [2.05, 4.69) is 29.5 Å². The third-order valence-electron chi connectivity index (χ3n) is 4.17. The van der Waals surface area contributed by atoms with E-state index in [9.17, 15) is 8.42 Å². The SMILES string of the molecule is Cc1ccc2c(c1)S(=O)(=O)N(Cc1cccc(I)c1)C[C@@H](C)C2. The zero-order valence-electron chi connectivity index (χ0n) is 13.3. The van der Waals surface area contributed by atoms with Crippen LogP contribution in [0.4, 0.5) is 0 Å². The molecule has 0 amide bonds. The minimum Gasteiger partial charge on any atom is -0.207 e. The molecule has 122 valence electrons. The molecule has 0 radical (unpaired) electrons. The molecular formula is C18H20INO2S. The Morgan fingerprint density at radius 1 is 1.22 bits per heavy atom. The van der Waals surface area contributed by atoms with Crippen molar-refractivity contribution < 1.29 is 8.42 Å². The highest BCUT2D eigenvalue weighted by atomic mass is 127. The molecule has 1 aliphatic heterocycles. The quantitative estimate of drug-likeness (QED) is 0.662. The number of hydrogen-bond donors (Lipinski definition) is 0. The maximum absolute atomic E-state index is 13.1. The van der Waals surface area contributed by atoms with E-state index in [0.29, 0.717) is 23.9 Å². The Hall–Kier alpha value is -0.920. The van der Waals surface area contributed by atoms with Crippen LogP contribution in [0.3, 0.4) is 0 Å². The molecule has 2 aromatic carbocycles. The predicted molar refractivity (Wildman–Crippen MR) is 101 cm³/mol. The molecule has 0 spiro atoms. The molecule has 2 aromatic rings. The van der Waals surface area contributed by atoms with Gasteiger partial charge in [-0.1, -0.05) is 31.2 Å². The maximum Gasteiger partial charge on any atom is 0.243 e. The van der Waals surface area contributed by atoms with E-state index in [4.69, 9.17) is 0 Å². The summed E-state index contributed by atoms with van der Waals surface area (Å²) in [5.41, 5.74) is 2.95. The molecular weight excluding hydrogens is 421 g/mol. The van der Waals surface area contributed by atoms with E-state index in [1.807, 2.05) is 49.4 Å². The molecule has 0 fully saturated rings. The fourth-order valence-electron chi connectivity index (χ4n) is 3.08. The van der Waals surface area contributed by atoms with Gasteiger partial charge in [0.1, 0.15) is 0 Å². The first-order valence-electron chi connectivity index (χ1n) is 7.70. The van der Waals surface area contributed by atoms with Crippen molar-refractivity contribution in [2.45, 2.75) is 31.7 Å². The van der Waals surface area contributed by atoms with Crippen molar-refractivity contribution in [2.75, 3.05) is 6.54 Å². The fraction of sp³-hybridized carbons (Fsp3) is 0.333. The van der Waals surface area contributed by atoms with Crippen LogP contribution in [0.2, 0.25) is 0 Å². The van der Waals surface area contributed by atoms with Gasteiger partial charge in [0.2, 0.25) is 10.0 Å². The summed E-state index contributed by atoms with van der Waals surface area (Å²) in [6.45, 7) is 5.04. The zero-order valence-corrected chi connectivity index (χ0v) is 16.3. The molecule has 1 heterocycles. The van der Waals surface area contributed by atoms with Crippen molar-refractivity contribution in [3.05, 3.63) is 62.7 Å². The van der Waals surface area contributed by atoms with Crippen LogP contribution >= 0.6 is 22.6 Å². The Morgan fingerprint density at radius 3 is 2.74 bits per heavy atom. The van der Waals surface area contributed by atoms with E-state index in [0.717, 1.165) is 26.7 Å². The van der Waals surface area contributed by atoms with E-state index in [1.54, 1.807) is 4.31 Å². The first-order valence-corrected chi connectivity index (χ1v) is 10.2. The summed E-state index contributed by atoms with van der Waals surface area (Å²) in [6, 6.07) is 13.8. The number of rotatable bonds is 2. The molecule has 1 aliphatic rings. The number of sulfonamides is 1. The molecule has 0 bridgehead atoms. The van der Waals surface area contributed by atoms with Crippen molar-refractivity contribution in [1.82, 2.24) is 4.31 Å². The lowest BCUT2D eigenvalue weighted by molar-refractivity contribution is 0.356. The highest BCUT2D eigenvalue weighted by molar-refractivity contribution is 14.1. The first-order chi connectivity index (χ1) is 10.9. The second-order valence-corrected chi connectivity index (χ2v) is 9.50. The number of fused-ring (bicyclic) bond motifs is 1. The molecule has 0 unspecified atom stereocenters. The average molecular weight is 441 g/mol. The maximum atomic E-state index is 13.1. The number of benzene rings is 2. The van der Waals surface area contributed by atoms with Gasteiger partial charge >= 0.3 is 0 Å². The van der Waals surface area contributed by atoms with Gasteiger partial charge in [-0.15, -0.1) is 0 Å². The molecule has 0 N–H and O–H groups in total. The van der Waals surface area contributed by atoms with Gasteiger partial charge in [0.25, 0.3) is 0 Å². The summed E-state index contributed by atoms with van der Waals surface area (Å²) in [4.78, 5) is 0.479. The molecule has 23 heavy (non-hydrogen) atoms. The Bertz CT molecular complexity index is 833. The fourth-order valence-corrected chi connectivity index (χ4v) is 5.56. The van der Waals surface area contributed by atoms with Crippen LogP contribution in [-0.2, 0) is 23.0 Å². The average Bonchev–Trinajstić information content (AvgIpc) is 2.56. The van der Waals surface area contributed by atoms with Gasteiger partial charge in [0.15, 0.2) is 0 Å². The molecule has 5 heteroatoms. The summed E-state index contributed by atoms with van der Waals surface area (Å²) in [7, 11) is -3.45. The molecule has 0 saturated carbocycles. The standard InChI is InChI=1S/C18H20INO2S/c1-13-6-7-16-8-14(2)11-20(23(21,22)18(16)9-13)12-15-4-3-5-17(19)10-15/h3-7,9-10,14H,8,11-12H2,1-2H3/t14-/m0/s1. The summed E-state index contributed by atoms with van der Waals surface area (Å²) < 4.78 is 29.0. The Labute approximate surface area is 151 Å². The van der Waals surface area contributed by atoms with E-state index in [1.165, 1.54) is 0 Å². The second-order valence-electron chi connectivity index (χ2n) is 6.35. The van der Waals surface area contributed by atoms with Crippen LogP contribution in [0.15, 0.2) is 47.4 Å². The largest absolute Gasteiger partial charge is 0.243 e. The van der Waals surface area contributed by atoms with Crippen LogP contribution in [0.5, 0.6) is 0 Å². The van der Waals surface area contributed by atoms with E-state index >= 15 is 0 Å². The van der Waals surface area contributed by atoms with Gasteiger partial charge in [-0.2, -0.15) is 4.31 Å². The second kappa shape index (κ2) is 6.53. The van der Waals surface area contributed by atoms with E-state index < -0.39 is 10.0 Å². The number of halogens is 1. The van der Waals surface area contributed by atoms with Gasteiger partial charge in [0, 0.05) is 16.7 Å². The molecule has 3 nitrogen and oxygen atoms in total. The first kappa shape index (κ1) is 16.9. The lowest BCUT2D eigenvalue weighted by Gasteiger charge is -2.22. The molecule has 0 saturated heterocycles. The summed E-state index contributed by atoms with van der Waals surface area (Å²) in [5.74, 6) is 0.302. The van der Waals surface area contributed by atoms with Crippen molar-refractivity contribution in [3.63, 3.8) is 0 Å². The van der Waals surface area contributed by atoms with Gasteiger partial charge in [-0.05, 0) is 76.7 Å². The van der Waals surface area contributed by atoms with Gasteiger partial charge < -0.3 is 0 Å². The van der Waals surface area contributed by atoms with Crippen LogP contribution in [0.1, 0.15) is 23.6 Å². The minimum atomic E-state index is -3.45. The summed E-state index contributed by atoms with van der Waals surface area (Å²) in [6.07, 6.45) is 0.803. The van der Waals surface area contributed by atoms with E-state index in [-0.39, 0.29) is 0 Å². The lowest BCUT2D eigenvalue weighted by Crippen LogP contribution is -2.32. The highest BCUT2D eigenvalue weighted by Gasteiger charge is 2.32. The third-order valence-corrected chi connectivity index (χ3v) is 6.74. The number of nitrogens with zero attached hydrogens (tertiary/aromatic N) is 1. The summed E-state index contributed by atoms with van der Waals surface area (Å²) >= 11 is 2.26. The minimum absolute atomic E-state index is 0.302. The van der Waals surface area contributed by atoms with Crippen LogP contribution < -0.4 is 0 Å². The Balaban J connectivity index is 2.03. The van der Waals surface area contributed by atoms with Crippen LogP contribution in [-0.4, -0.2) is 19.3 Å². The highest BCUT2D eigenvalue weighted by Crippen LogP contribution is 2.30. The van der Waals surface area contributed by atoms with Gasteiger partial charge in [0.05, 0.1) is 4.90 Å². The molecule has 1 atom stereocenters. The molecule has 3 rings (SSSR count). The normalized spacial score (nSPS) is 20.7. The zero-order chi connectivity index (χ0) is 16.6. The number of hydrogen-bond acceptors (Lipinski definition) is 2. The molecule has 0 aromatic heterocycles. The van der Waals surface area contributed by atoms with Crippen LogP contribution in [0.25, 0.3) is 0 Å². The van der Waals surface area contributed by atoms with Crippen molar-refractivity contribution in [1.29, 1.82) is 0 Å². The Morgan fingerprint density at radius 2 is 2.00 bits per heavy atom. The lowest BCUT2D eigenvalue weighted by atomic mass is 10.00. The topological polar surface area (TPSA) is 37.4 Å². The van der Waals surface area contributed by atoms with Crippen molar-refractivity contribution in [3.8, 4) is 0 Å². The summed E-state index contributed by atoms with van der Waals surface area (Å²) in [5, 5.41) is 0. The van der Waals surface area contributed by atoms with Crippen molar-refractivity contribution in [2.24, 2.45) is 5.92 Å². The van der Waals surface area contributed by atoms with Gasteiger partial charge in [-0.25, -0.2) is 8.42 Å². The molecule has 0 aliphatic carbocycles. The van der Waals surface area contributed by atoms with Gasteiger partial charge in [-0.3, -0.25) is 0 Å². The predicted octanol–water partition coefficient (Wildman–Crippen LogP) is 3.98. The smallest absolute Gasteiger partial charge is 0.207 e. The monoisotopic (exact) mass is 441 g/mol. The van der Waals surface area contributed by atoms with Crippen LogP contribution in [0, 0.1) is 16.4 Å². The Kier molecular flexibility index (Phi) is 4.80. The third kappa shape index (κ3) is 3.61.